The predicted molar refractivity (Wildman–Crippen MR) is 218 cm³/mol. The summed E-state index contributed by atoms with van der Waals surface area (Å²) in [6.45, 7) is 12.2. The van der Waals surface area contributed by atoms with Crippen molar-refractivity contribution in [3.8, 4) is 34.1 Å². The first-order chi connectivity index (χ1) is 26.8. The summed E-state index contributed by atoms with van der Waals surface area (Å²) in [5.41, 5.74) is 4.72. The van der Waals surface area contributed by atoms with E-state index in [2.05, 4.69) is 69.0 Å². The largest absolute Gasteiger partial charge is 0.497 e. The van der Waals surface area contributed by atoms with Gasteiger partial charge in [0.1, 0.15) is 23.1 Å². The monoisotopic (exact) mass is 757 g/mol. The molecule has 2 aliphatic heterocycles. The Morgan fingerprint density at radius 3 is 1.89 bits per heavy atom. The molecule has 1 spiro atoms. The Balaban J connectivity index is 1.36. The predicted octanol–water partition coefficient (Wildman–Crippen LogP) is 10.8. The lowest BCUT2D eigenvalue weighted by atomic mass is 9.52. The number of ether oxygens (including phenoxy) is 5. The molecule has 1 unspecified atom stereocenters. The maximum atomic E-state index is 16.8. The van der Waals surface area contributed by atoms with Crippen LogP contribution in [0.2, 0.25) is 0 Å². The minimum atomic E-state index is -1.06. The second kappa shape index (κ2) is 13.0. The fourth-order valence-corrected chi connectivity index (χ4v) is 11.2. The summed E-state index contributed by atoms with van der Waals surface area (Å²) < 4.78 is 62.9. The molecule has 0 bridgehead atoms. The molecule has 1 saturated carbocycles. The van der Waals surface area contributed by atoms with Gasteiger partial charge in [0, 0.05) is 57.9 Å². The van der Waals surface area contributed by atoms with Gasteiger partial charge in [-0.15, -0.1) is 0 Å². The van der Waals surface area contributed by atoms with Crippen molar-refractivity contribution in [3.05, 3.63) is 118 Å². The molecule has 290 valence electrons. The zero-order valence-electron chi connectivity index (χ0n) is 33.3. The molecular weight excluding hydrogens is 709 g/mol. The Morgan fingerprint density at radius 2 is 1.29 bits per heavy atom. The summed E-state index contributed by atoms with van der Waals surface area (Å²) in [5.74, 6) is 1.34. The molecule has 1 atom stereocenters. The molecule has 0 aromatic heterocycles. The number of morpholine rings is 1. The smallest absolute Gasteiger partial charge is 0.178 e. The molecule has 4 aliphatic rings. The molecule has 0 radical (unpaired) electrons. The van der Waals surface area contributed by atoms with E-state index in [1.807, 2.05) is 36.4 Å². The van der Waals surface area contributed by atoms with Crippen molar-refractivity contribution in [2.24, 2.45) is 10.8 Å². The molecule has 2 aliphatic carbocycles. The van der Waals surface area contributed by atoms with E-state index in [-0.39, 0.29) is 10.8 Å². The lowest BCUT2D eigenvalue weighted by Crippen LogP contribution is -2.45. The van der Waals surface area contributed by atoms with E-state index in [4.69, 9.17) is 23.7 Å². The number of nitrogens with zero attached hydrogens (tertiary/aromatic N) is 1. The van der Waals surface area contributed by atoms with Crippen molar-refractivity contribution in [1.29, 1.82) is 0 Å². The molecule has 6 nitrogen and oxygen atoms in total. The molecular formula is C48H49F2NO5. The van der Waals surface area contributed by atoms with Crippen LogP contribution in [0.5, 0.6) is 23.0 Å². The van der Waals surface area contributed by atoms with Crippen molar-refractivity contribution < 1.29 is 32.5 Å². The van der Waals surface area contributed by atoms with E-state index >= 15 is 8.78 Å². The maximum absolute atomic E-state index is 16.8. The fraction of sp³-hybridized carbons (Fsp3) is 0.375. The van der Waals surface area contributed by atoms with Gasteiger partial charge in [-0.2, -0.15) is 0 Å². The molecule has 5 aromatic carbocycles. The molecule has 2 fully saturated rings. The van der Waals surface area contributed by atoms with Crippen LogP contribution >= 0.6 is 0 Å². The Bertz CT molecular complexity index is 2380. The van der Waals surface area contributed by atoms with Crippen molar-refractivity contribution >= 4 is 22.5 Å². The van der Waals surface area contributed by atoms with Crippen molar-refractivity contribution in [1.82, 2.24) is 0 Å². The quantitative estimate of drug-likeness (QED) is 0.172. The van der Waals surface area contributed by atoms with Crippen LogP contribution in [0.1, 0.15) is 74.8 Å². The number of fused-ring (bicyclic) bond motifs is 10. The van der Waals surface area contributed by atoms with Crippen LogP contribution in [0.25, 0.3) is 28.0 Å². The Labute approximate surface area is 328 Å². The van der Waals surface area contributed by atoms with E-state index < -0.39 is 22.7 Å². The number of benzene rings is 5. The van der Waals surface area contributed by atoms with Crippen LogP contribution in [-0.4, -0.2) is 47.6 Å². The van der Waals surface area contributed by atoms with Crippen LogP contribution in [-0.2, 0) is 15.8 Å². The van der Waals surface area contributed by atoms with Gasteiger partial charge in [-0.1, -0.05) is 58.0 Å². The highest BCUT2D eigenvalue weighted by molar-refractivity contribution is 6.09. The summed E-state index contributed by atoms with van der Waals surface area (Å²) >= 11 is 0. The van der Waals surface area contributed by atoms with E-state index in [0.717, 1.165) is 75.6 Å². The van der Waals surface area contributed by atoms with Gasteiger partial charge in [-0.25, -0.2) is 8.78 Å². The Hall–Kier alpha value is -5.08. The van der Waals surface area contributed by atoms with Crippen LogP contribution in [0.3, 0.4) is 0 Å². The summed E-state index contributed by atoms with van der Waals surface area (Å²) in [6.07, 6.45) is 6.67. The number of halogens is 2. The molecule has 56 heavy (non-hydrogen) atoms. The van der Waals surface area contributed by atoms with Gasteiger partial charge in [0.2, 0.25) is 0 Å². The molecule has 0 amide bonds. The van der Waals surface area contributed by atoms with Crippen molar-refractivity contribution in [2.75, 3.05) is 52.5 Å². The second-order valence-electron chi connectivity index (χ2n) is 17.5. The number of rotatable bonds is 6. The van der Waals surface area contributed by atoms with E-state index in [9.17, 15) is 0 Å². The molecule has 9 rings (SSSR count). The minimum Gasteiger partial charge on any atom is -0.497 e. The maximum Gasteiger partial charge on any atom is 0.178 e. The molecule has 8 heteroatoms. The summed E-state index contributed by atoms with van der Waals surface area (Å²) in [7, 11) is 4.88. The summed E-state index contributed by atoms with van der Waals surface area (Å²) in [6, 6.07) is 23.1. The van der Waals surface area contributed by atoms with Crippen LogP contribution < -0.4 is 23.8 Å². The van der Waals surface area contributed by atoms with E-state index in [0.29, 0.717) is 54.4 Å². The van der Waals surface area contributed by atoms with Crippen molar-refractivity contribution in [3.63, 3.8) is 0 Å². The highest BCUT2D eigenvalue weighted by Gasteiger charge is 2.57. The van der Waals surface area contributed by atoms with Gasteiger partial charge in [0.25, 0.3) is 0 Å². The first kappa shape index (κ1) is 36.6. The first-order valence-corrected chi connectivity index (χ1v) is 19.5. The highest BCUT2D eigenvalue weighted by atomic mass is 19.1. The van der Waals surface area contributed by atoms with Gasteiger partial charge in [0.05, 0.1) is 34.5 Å². The molecule has 2 heterocycles. The molecule has 0 N–H and O–H groups in total. The average molecular weight is 758 g/mol. The molecule has 1 saturated heterocycles. The minimum absolute atomic E-state index is 0.144. The average Bonchev–Trinajstić information content (AvgIpc) is 3.44. The van der Waals surface area contributed by atoms with Crippen LogP contribution in [0, 0.1) is 22.5 Å². The SMILES string of the molecule is COc1ccc(C2(c3ccc(N4CCOCC4)cc3)C=Cc3c4c(c5cc(OC)c(OC)cc5c3O2)-c2cc(F)cc(F)c2C42CC(C)(C)CC(C)(C)C2)cc1. The lowest BCUT2D eigenvalue weighted by molar-refractivity contribution is 0.0627. The first-order valence-electron chi connectivity index (χ1n) is 19.5. The normalized spacial score (nSPS) is 21.3. The van der Waals surface area contributed by atoms with Gasteiger partial charge < -0.3 is 28.6 Å². The van der Waals surface area contributed by atoms with Gasteiger partial charge in [0.15, 0.2) is 17.1 Å². The van der Waals surface area contributed by atoms with E-state index in [1.54, 1.807) is 21.3 Å². The van der Waals surface area contributed by atoms with Gasteiger partial charge >= 0.3 is 0 Å². The van der Waals surface area contributed by atoms with E-state index in [1.165, 1.54) is 6.07 Å². The number of hydrogen-bond donors (Lipinski definition) is 0. The Morgan fingerprint density at radius 1 is 0.679 bits per heavy atom. The number of methoxy groups -OCH3 is 3. The molecule has 5 aromatic rings. The zero-order chi connectivity index (χ0) is 39.2. The lowest BCUT2D eigenvalue weighted by Gasteiger charge is -2.52. The van der Waals surface area contributed by atoms with Gasteiger partial charge in [-0.05, 0) is 101 Å². The highest BCUT2D eigenvalue weighted by Crippen LogP contribution is 2.67. The third-order valence-corrected chi connectivity index (χ3v) is 12.5. The third kappa shape index (κ3) is 5.58. The fourth-order valence-electron chi connectivity index (χ4n) is 11.2. The summed E-state index contributed by atoms with van der Waals surface area (Å²) in [5, 5.41) is 1.56. The topological polar surface area (TPSA) is 49.4 Å². The number of hydrogen-bond acceptors (Lipinski definition) is 6. The van der Waals surface area contributed by atoms with Crippen LogP contribution in [0.15, 0.2) is 78.9 Å². The third-order valence-electron chi connectivity index (χ3n) is 12.5. The standard InChI is InChI=1S/C48H49F2NO5/c1-45(2)26-46(3,4)28-47(27-45)42-37(22-31(49)23-38(42)50)41-35-24-39(53-6)40(54-7)25-36(35)44-34(43(41)47)16-17-48(56-44,30-10-14-33(52-5)15-11-30)29-8-12-32(13-9-29)51-18-20-55-21-19-51/h8-17,22-25H,18-21,26-28H2,1-7H3. The summed E-state index contributed by atoms with van der Waals surface area (Å²) in [4.78, 5) is 2.34. The second-order valence-corrected chi connectivity index (χ2v) is 17.5. The van der Waals surface area contributed by atoms with Crippen LogP contribution in [0.4, 0.5) is 14.5 Å². The van der Waals surface area contributed by atoms with Gasteiger partial charge in [-0.3, -0.25) is 0 Å². The number of anilines is 1. The van der Waals surface area contributed by atoms with Crippen molar-refractivity contribution in [2.45, 2.75) is 58.0 Å². The zero-order valence-corrected chi connectivity index (χ0v) is 33.3. The Kier molecular flexibility index (Phi) is 8.48.